The van der Waals surface area contributed by atoms with E-state index in [1.165, 1.54) is 18.5 Å². The number of H-pyrrole nitrogens is 1. The lowest BCUT2D eigenvalue weighted by molar-refractivity contribution is -0.140. The first-order valence-electron chi connectivity index (χ1n) is 16.2. The van der Waals surface area contributed by atoms with Crippen molar-refractivity contribution in [2.45, 2.75) is 90.0 Å². The van der Waals surface area contributed by atoms with Crippen LogP contribution < -0.4 is 39.7 Å². The molecule has 21 N–H and O–H groups in total. The molecule has 2 rings (SSSR count). The summed E-state index contributed by atoms with van der Waals surface area (Å²) in [6, 6.07) is 2.33. The predicted molar refractivity (Wildman–Crippen MR) is 196 cm³/mol. The van der Waals surface area contributed by atoms with E-state index in [0.29, 0.717) is 25.1 Å². The quantitative estimate of drug-likeness (QED) is 0.0547. The Bertz CT molecular complexity index is 1350. The van der Waals surface area contributed by atoms with E-state index in [4.69, 9.17) is 70.5 Å². The summed E-state index contributed by atoms with van der Waals surface area (Å²) in [5.41, 5.74) is 32.7. The number of benzene rings is 1. The monoisotopic (exact) mass is 758 g/mol. The van der Waals surface area contributed by atoms with Crippen molar-refractivity contribution >= 4 is 35.8 Å². The van der Waals surface area contributed by atoms with Crippen molar-refractivity contribution in [2.75, 3.05) is 6.54 Å². The maximum Gasteiger partial charge on any atom is 0.320 e. The van der Waals surface area contributed by atoms with Gasteiger partial charge in [-0.05, 0) is 48.8 Å². The van der Waals surface area contributed by atoms with Crippen molar-refractivity contribution in [1.82, 2.24) is 15.3 Å². The number of aliphatic carboxylic acids is 5. The molecule has 21 heteroatoms. The molecule has 0 saturated heterocycles. The van der Waals surface area contributed by atoms with Gasteiger partial charge in [0.2, 0.25) is 0 Å². The molecule has 1 aromatic heterocycles. The summed E-state index contributed by atoms with van der Waals surface area (Å²) in [6.07, 6.45) is 5.44. The van der Waals surface area contributed by atoms with Crippen molar-refractivity contribution in [3.05, 3.63) is 48.0 Å². The molecular weight excluding hydrogens is 700 g/mol. The highest BCUT2D eigenvalue weighted by molar-refractivity contribution is 5.75. The molecule has 0 amide bonds. The van der Waals surface area contributed by atoms with Gasteiger partial charge in [0.25, 0.3) is 0 Å². The van der Waals surface area contributed by atoms with Crippen LogP contribution in [0, 0.1) is 17.2 Å². The first kappa shape index (κ1) is 52.0. The summed E-state index contributed by atoms with van der Waals surface area (Å²) in [4.78, 5) is 57.6. The number of phenols is 1. The Hall–Kier alpha value is -5.35. The minimum Gasteiger partial charge on any atom is -0.508 e. The van der Waals surface area contributed by atoms with E-state index in [1.54, 1.807) is 32.2 Å². The fraction of sp³-hybridized carbons (Fsp3) is 0.531. The van der Waals surface area contributed by atoms with Crippen LogP contribution in [0.5, 0.6) is 5.75 Å². The number of hydrogen-bond donors (Lipinski definition) is 15. The van der Waals surface area contributed by atoms with Crippen molar-refractivity contribution in [3.63, 3.8) is 0 Å². The largest absolute Gasteiger partial charge is 0.508 e. The van der Waals surface area contributed by atoms with Crippen molar-refractivity contribution < 1.29 is 54.6 Å². The molecule has 1 unspecified atom stereocenters. The summed E-state index contributed by atoms with van der Waals surface area (Å²) in [7, 11) is 0. The van der Waals surface area contributed by atoms with Gasteiger partial charge in [0.15, 0.2) is 5.96 Å². The van der Waals surface area contributed by atoms with Crippen molar-refractivity contribution in [3.8, 4) is 5.75 Å². The standard InChI is InChI=1S/C9H11NO3.C6H14N4O2.C6H9N3O2.C6H13NO2.C5H11NO2/c10-8(9(12)13)5-6-1-3-7(11)4-2-6;7-4(5(11)12)2-1-3-10-6(8)9;7-5(6(10)11)1-4-2-8-3-9-4;1-3-4(2)5(7)6(8)9;1-3(2)4(6)5(7)8/h1-4,8,11H,5,10H2,(H,12,13);4H,1-3,7H2,(H,11,12)(H4,8,9,10);2-3,5H,1,7H2,(H,8,9)(H,10,11);4-5H,3,7H2,1-2H3,(H,8,9);3-4H,6H2,1-2H3,(H,7,8)/t8-;4-;5-;4?,5-;4-/m00000/s1. The van der Waals surface area contributed by atoms with E-state index in [2.05, 4.69) is 15.3 Å². The summed E-state index contributed by atoms with van der Waals surface area (Å²) >= 11 is 0. The Morgan fingerprint density at radius 1 is 0.774 bits per heavy atom. The lowest BCUT2D eigenvalue weighted by Crippen LogP contribution is -2.36. The van der Waals surface area contributed by atoms with Crippen LogP contribution in [0.15, 0.2) is 36.8 Å². The number of aromatic hydroxyl groups is 1. The van der Waals surface area contributed by atoms with Crippen molar-refractivity contribution in [2.24, 2.45) is 46.2 Å². The first-order chi connectivity index (χ1) is 24.5. The number of guanidine groups is 1. The number of nitrogens with two attached hydrogens (primary N) is 6. The highest BCUT2D eigenvalue weighted by Gasteiger charge is 2.17. The molecule has 1 heterocycles. The van der Waals surface area contributed by atoms with Crippen LogP contribution in [0.2, 0.25) is 0 Å². The minimum atomic E-state index is -1.02. The molecule has 302 valence electrons. The lowest BCUT2D eigenvalue weighted by atomic mass is 10.0. The Morgan fingerprint density at radius 3 is 1.57 bits per heavy atom. The van der Waals surface area contributed by atoms with E-state index in [-0.39, 0.29) is 36.4 Å². The van der Waals surface area contributed by atoms with Gasteiger partial charge in [-0.25, -0.2) is 4.98 Å². The average molecular weight is 759 g/mol. The van der Waals surface area contributed by atoms with Gasteiger partial charge in [0.1, 0.15) is 36.0 Å². The number of hydrogen-bond acceptors (Lipinski definition) is 13. The van der Waals surface area contributed by atoms with Gasteiger partial charge in [-0.3, -0.25) is 29.4 Å². The van der Waals surface area contributed by atoms with Gasteiger partial charge in [-0.15, -0.1) is 0 Å². The van der Waals surface area contributed by atoms with Gasteiger partial charge in [0.05, 0.1) is 12.0 Å². The molecule has 0 aliphatic carbocycles. The zero-order valence-corrected chi connectivity index (χ0v) is 30.4. The van der Waals surface area contributed by atoms with Crippen LogP contribution in [-0.4, -0.2) is 113 Å². The fourth-order valence-corrected chi connectivity index (χ4v) is 3.14. The van der Waals surface area contributed by atoms with Gasteiger partial charge in [-0.2, -0.15) is 0 Å². The van der Waals surface area contributed by atoms with Gasteiger partial charge >= 0.3 is 29.8 Å². The van der Waals surface area contributed by atoms with Crippen LogP contribution in [0.1, 0.15) is 58.2 Å². The van der Waals surface area contributed by atoms with E-state index in [0.717, 1.165) is 12.0 Å². The molecule has 0 aliphatic heterocycles. The number of aromatic amines is 1. The smallest absolute Gasteiger partial charge is 0.320 e. The summed E-state index contributed by atoms with van der Waals surface area (Å²) < 4.78 is 0. The van der Waals surface area contributed by atoms with Crippen LogP contribution in [0.3, 0.4) is 0 Å². The Balaban J connectivity index is -0.000000596. The Labute approximate surface area is 307 Å². The van der Waals surface area contributed by atoms with Crippen molar-refractivity contribution in [1.29, 1.82) is 5.41 Å². The summed E-state index contributed by atoms with van der Waals surface area (Å²) in [6.45, 7) is 7.79. The molecule has 0 saturated carbocycles. The second-order valence-corrected chi connectivity index (χ2v) is 11.8. The SMILES string of the molecule is CC(C)[C@H](N)C(=O)O.CCC(C)[C@H](N)C(=O)O.N=C(N)NCCC[C@H](N)C(=O)O.N[C@@H](Cc1c[nH]cn1)C(=O)O.N[C@@H](Cc1ccc(O)cc1)C(=O)O. The lowest BCUT2D eigenvalue weighted by Gasteiger charge is -2.11. The maximum absolute atomic E-state index is 10.4. The third-order valence-electron chi connectivity index (χ3n) is 6.88. The molecule has 1 aromatic carbocycles. The second kappa shape index (κ2) is 29.3. The molecule has 0 fully saturated rings. The predicted octanol–water partition coefficient (Wildman–Crippen LogP) is -1.13. The van der Waals surface area contributed by atoms with E-state index >= 15 is 0 Å². The molecule has 53 heavy (non-hydrogen) atoms. The fourth-order valence-electron chi connectivity index (χ4n) is 3.14. The van der Waals surface area contributed by atoms with E-state index in [9.17, 15) is 24.0 Å². The normalized spacial score (nSPS) is 13.4. The third-order valence-corrected chi connectivity index (χ3v) is 6.88. The molecular formula is C32H58N10O11. The topological polar surface area (TPSA) is 427 Å². The minimum absolute atomic E-state index is 0.0208. The number of carboxylic acids is 5. The summed E-state index contributed by atoms with van der Waals surface area (Å²) in [5.74, 6) is -4.73. The van der Waals surface area contributed by atoms with Gasteiger partial charge in [-0.1, -0.05) is 46.2 Å². The second-order valence-electron chi connectivity index (χ2n) is 11.8. The van der Waals surface area contributed by atoms with Crippen LogP contribution in [0.25, 0.3) is 0 Å². The molecule has 0 spiro atoms. The average Bonchev–Trinajstić information content (AvgIpc) is 3.60. The molecule has 2 aromatic rings. The summed E-state index contributed by atoms with van der Waals surface area (Å²) in [5, 5.41) is 60.2. The zero-order chi connectivity index (χ0) is 41.8. The highest BCUT2D eigenvalue weighted by atomic mass is 16.4. The molecule has 6 atom stereocenters. The van der Waals surface area contributed by atoms with E-state index < -0.39 is 60.1 Å². The number of carboxylic acid groups (broad SMARTS) is 5. The number of carbonyl (C=O) groups is 5. The number of nitrogens with zero attached hydrogens (tertiary/aromatic N) is 1. The molecule has 21 nitrogen and oxygen atoms in total. The third kappa shape index (κ3) is 29.0. The Morgan fingerprint density at radius 2 is 1.25 bits per heavy atom. The van der Waals surface area contributed by atoms with Gasteiger partial charge < -0.3 is 75.3 Å². The highest BCUT2D eigenvalue weighted by Crippen LogP contribution is 2.10. The molecule has 0 bridgehead atoms. The Kier molecular flexibility index (Phi) is 28.7. The molecule has 0 aliphatic rings. The number of phenolic OH excluding ortho intramolecular Hbond substituents is 1. The van der Waals surface area contributed by atoms with Gasteiger partial charge in [0, 0.05) is 19.2 Å². The van der Waals surface area contributed by atoms with Crippen LogP contribution in [0.4, 0.5) is 0 Å². The molecule has 0 radical (unpaired) electrons. The van der Waals surface area contributed by atoms with E-state index in [1.807, 2.05) is 13.8 Å². The van der Waals surface area contributed by atoms with Crippen LogP contribution in [-0.2, 0) is 36.8 Å². The first-order valence-corrected chi connectivity index (χ1v) is 16.2. The van der Waals surface area contributed by atoms with Crippen LogP contribution >= 0.6 is 0 Å². The maximum atomic E-state index is 10.4. The zero-order valence-electron chi connectivity index (χ0n) is 30.4. The number of aromatic nitrogens is 2. The number of imidazole rings is 1. The number of nitrogens with one attached hydrogen (secondary N) is 3. The number of rotatable bonds is 16.